The van der Waals surface area contributed by atoms with Gasteiger partial charge in [-0.05, 0) is 31.2 Å². The third-order valence-electron chi connectivity index (χ3n) is 3.63. The van der Waals surface area contributed by atoms with E-state index in [1.807, 2.05) is 0 Å². The minimum atomic E-state index is -5.57. The molecule has 0 radical (unpaired) electrons. The SMILES string of the molecule is CC1=CC=C(C(=O)C(F)(F)F)C(O)(C(F)(F)F)N1Cc1ccccn1. The molecule has 0 fully saturated rings. The number of carbonyl (C=O) groups is 1. The van der Waals surface area contributed by atoms with Crippen LogP contribution in [0.3, 0.4) is 0 Å². The second-order valence-corrected chi connectivity index (χ2v) is 5.29. The minimum Gasteiger partial charge on any atom is -0.360 e. The van der Waals surface area contributed by atoms with E-state index in [0.717, 1.165) is 6.08 Å². The number of carbonyl (C=O) groups excluding carboxylic acids is 1. The number of allylic oxidation sites excluding steroid dienone is 3. The van der Waals surface area contributed by atoms with Crippen molar-refractivity contribution in [3.63, 3.8) is 0 Å². The van der Waals surface area contributed by atoms with Crippen molar-refractivity contribution in [2.75, 3.05) is 0 Å². The number of rotatable bonds is 3. The summed E-state index contributed by atoms with van der Waals surface area (Å²) in [7, 11) is 0. The Morgan fingerprint density at radius 2 is 1.84 bits per heavy atom. The van der Waals surface area contributed by atoms with Gasteiger partial charge < -0.3 is 10.0 Å². The topological polar surface area (TPSA) is 53.4 Å². The summed E-state index contributed by atoms with van der Waals surface area (Å²) in [6.45, 7) is 0.520. The van der Waals surface area contributed by atoms with Gasteiger partial charge >= 0.3 is 12.4 Å². The largest absolute Gasteiger partial charge is 0.454 e. The molecule has 0 aliphatic carbocycles. The first kappa shape index (κ1) is 19.0. The highest BCUT2D eigenvalue weighted by atomic mass is 19.4. The number of nitrogens with zero attached hydrogens (tertiary/aromatic N) is 2. The lowest BCUT2D eigenvalue weighted by Crippen LogP contribution is -2.62. The van der Waals surface area contributed by atoms with Gasteiger partial charge in [-0.3, -0.25) is 9.78 Å². The van der Waals surface area contributed by atoms with E-state index in [1.165, 1.54) is 31.3 Å². The third kappa shape index (κ3) is 3.39. The molecule has 10 heteroatoms. The van der Waals surface area contributed by atoms with E-state index >= 15 is 0 Å². The summed E-state index contributed by atoms with van der Waals surface area (Å²) >= 11 is 0. The Morgan fingerprint density at radius 3 is 2.32 bits per heavy atom. The lowest BCUT2D eigenvalue weighted by atomic mass is 9.91. The van der Waals surface area contributed by atoms with Gasteiger partial charge in [0.2, 0.25) is 0 Å². The molecule has 1 atom stereocenters. The molecule has 0 aromatic carbocycles. The number of Topliss-reactive ketones (excluding diaryl/α,β-unsaturated/α-hetero) is 1. The van der Waals surface area contributed by atoms with Gasteiger partial charge in [-0.2, -0.15) is 26.3 Å². The van der Waals surface area contributed by atoms with Crippen molar-refractivity contribution in [3.8, 4) is 0 Å². The lowest BCUT2D eigenvalue weighted by Gasteiger charge is -2.45. The minimum absolute atomic E-state index is 0.0682. The summed E-state index contributed by atoms with van der Waals surface area (Å²) < 4.78 is 78.7. The second kappa shape index (κ2) is 6.17. The van der Waals surface area contributed by atoms with E-state index in [1.54, 1.807) is 0 Å². The van der Waals surface area contributed by atoms with Crippen molar-refractivity contribution in [1.82, 2.24) is 9.88 Å². The van der Waals surface area contributed by atoms with Crippen molar-refractivity contribution in [3.05, 3.63) is 53.5 Å². The quantitative estimate of drug-likeness (QED) is 0.836. The molecule has 2 rings (SSSR count). The van der Waals surface area contributed by atoms with Crippen molar-refractivity contribution in [2.24, 2.45) is 0 Å². The normalized spacial score (nSPS) is 21.7. The molecule has 2 heterocycles. The van der Waals surface area contributed by atoms with Gasteiger partial charge in [0.1, 0.15) is 0 Å². The number of ketones is 1. The van der Waals surface area contributed by atoms with Crippen LogP contribution in [0.4, 0.5) is 26.3 Å². The first-order valence-corrected chi connectivity index (χ1v) is 6.86. The number of aromatic nitrogens is 1. The number of pyridine rings is 1. The smallest absolute Gasteiger partial charge is 0.360 e. The van der Waals surface area contributed by atoms with E-state index < -0.39 is 36.0 Å². The van der Waals surface area contributed by atoms with Gasteiger partial charge in [-0.1, -0.05) is 6.07 Å². The number of aliphatic hydroxyl groups is 1. The fourth-order valence-corrected chi connectivity index (χ4v) is 2.40. The number of alkyl halides is 6. The molecule has 4 nitrogen and oxygen atoms in total. The molecule has 1 aromatic heterocycles. The van der Waals surface area contributed by atoms with Crippen LogP contribution in [0, 0.1) is 0 Å². The zero-order valence-corrected chi connectivity index (χ0v) is 12.7. The van der Waals surface area contributed by atoms with Crippen LogP contribution in [0.1, 0.15) is 12.6 Å². The molecule has 0 bridgehead atoms. The monoisotopic (exact) mass is 366 g/mol. The van der Waals surface area contributed by atoms with E-state index in [2.05, 4.69) is 4.98 Å². The number of halogens is 6. The average molecular weight is 366 g/mol. The van der Waals surface area contributed by atoms with Crippen molar-refractivity contribution in [2.45, 2.75) is 31.5 Å². The maximum atomic E-state index is 13.6. The molecule has 0 saturated heterocycles. The van der Waals surface area contributed by atoms with Crippen molar-refractivity contribution < 1.29 is 36.2 Å². The van der Waals surface area contributed by atoms with Gasteiger partial charge in [0.25, 0.3) is 11.5 Å². The zero-order valence-electron chi connectivity index (χ0n) is 12.7. The van der Waals surface area contributed by atoms with Gasteiger partial charge in [0, 0.05) is 11.9 Å². The van der Waals surface area contributed by atoms with Gasteiger partial charge in [0.15, 0.2) is 0 Å². The van der Waals surface area contributed by atoms with Crippen LogP contribution < -0.4 is 0 Å². The van der Waals surface area contributed by atoms with E-state index in [0.29, 0.717) is 6.08 Å². The Bertz CT molecular complexity index is 724. The Balaban J connectivity index is 2.57. The summed E-state index contributed by atoms with van der Waals surface area (Å²) in [5.41, 5.74) is -6.05. The number of hydrogen-bond acceptors (Lipinski definition) is 4. The molecular formula is C15H12F6N2O2. The molecule has 25 heavy (non-hydrogen) atoms. The average Bonchev–Trinajstić information content (AvgIpc) is 2.50. The van der Waals surface area contributed by atoms with Gasteiger partial charge in [-0.15, -0.1) is 0 Å². The van der Waals surface area contributed by atoms with Crippen LogP contribution >= 0.6 is 0 Å². The summed E-state index contributed by atoms with van der Waals surface area (Å²) in [6.07, 6.45) is -8.61. The van der Waals surface area contributed by atoms with Crippen molar-refractivity contribution in [1.29, 1.82) is 0 Å². The van der Waals surface area contributed by atoms with Gasteiger partial charge in [-0.25, -0.2) is 0 Å². The highest BCUT2D eigenvalue weighted by molar-refractivity contribution is 6.02. The molecule has 1 unspecified atom stereocenters. The fraction of sp³-hybridized carbons (Fsp3) is 0.333. The maximum Gasteiger partial charge on any atom is 0.454 e. The first-order valence-electron chi connectivity index (χ1n) is 6.86. The second-order valence-electron chi connectivity index (χ2n) is 5.29. The summed E-state index contributed by atoms with van der Waals surface area (Å²) in [6, 6.07) is 4.31. The van der Waals surface area contributed by atoms with Crippen LogP contribution in [0.15, 0.2) is 47.8 Å². The molecule has 0 saturated carbocycles. The van der Waals surface area contributed by atoms with Crippen LogP contribution in [0.2, 0.25) is 0 Å². The van der Waals surface area contributed by atoms with Crippen LogP contribution in [-0.2, 0) is 11.3 Å². The Labute approximate surface area is 138 Å². The summed E-state index contributed by atoms with van der Waals surface area (Å²) in [5.74, 6) is -2.76. The zero-order chi connectivity index (χ0) is 19.0. The highest BCUT2D eigenvalue weighted by Crippen LogP contribution is 2.45. The molecule has 1 aliphatic rings. The fourth-order valence-electron chi connectivity index (χ4n) is 2.40. The Kier molecular flexibility index (Phi) is 4.69. The summed E-state index contributed by atoms with van der Waals surface area (Å²) in [5, 5.41) is 10.2. The molecular weight excluding hydrogens is 354 g/mol. The highest BCUT2D eigenvalue weighted by Gasteiger charge is 2.65. The Hall–Kier alpha value is -2.36. The maximum absolute atomic E-state index is 13.6. The molecule has 1 aromatic rings. The molecule has 1 aliphatic heterocycles. The molecule has 0 spiro atoms. The number of hydrogen-bond donors (Lipinski definition) is 1. The first-order chi connectivity index (χ1) is 11.4. The standard InChI is InChI=1S/C15H12F6N2O2/c1-9-5-6-11(12(24)14(16,17)18)13(25,15(19,20)21)23(9)8-10-4-2-3-7-22-10/h2-7,25H,8H2,1H3. The lowest BCUT2D eigenvalue weighted by molar-refractivity contribution is -0.295. The molecule has 1 N–H and O–H groups in total. The van der Waals surface area contributed by atoms with E-state index in [9.17, 15) is 36.2 Å². The van der Waals surface area contributed by atoms with Crippen molar-refractivity contribution >= 4 is 5.78 Å². The molecule has 136 valence electrons. The predicted octanol–water partition coefficient (Wildman–Crippen LogP) is 3.11. The van der Waals surface area contributed by atoms with Crippen LogP contribution in [-0.4, -0.2) is 38.9 Å². The summed E-state index contributed by atoms with van der Waals surface area (Å²) in [4.78, 5) is 15.5. The molecule has 0 amide bonds. The Morgan fingerprint density at radius 1 is 1.20 bits per heavy atom. The third-order valence-corrected chi connectivity index (χ3v) is 3.63. The van der Waals surface area contributed by atoms with Crippen LogP contribution in [0.5, 0.6) is 0 Å². The predicted molar refractivity (Wildman–Crippen MR) is 73.7 cm³/mol. The van der Waals surface area contributed by atoms with E-state index in [-0.39, 0.29) is 16.3 Å². The van der Waals surface area contributed by atoms with Gasteiger partial charge in [0.05, 0.1) is 17.8 Å². The van der Waals surface area contributed by atoms with E-state index in [4.69, 9.17) is 0 Å². The van der Waals surface area contributed by atoms with Crippen LogP contribution in [0.25, 0.3) is 0 Å².